The van der Waals surface area contributed by atoms with Gasteiger partial charge >= 0.3 is 0 Å². The van der Waals surface area contributed by atoms with Gasteiger partial charge in [0.25, 0.3) is 0 Å². The van der Waals surface area contributed by atoms with Crippen molar-refractivity contribution in [1.82, 2.24) is 9.21 Å². The lowest BCUT2D eigenvalue weighted by Crippen LogP contribution is -2.53. The van der Waals surface area contributed by atoms with E-state index in [1.165, 1.54) is 4.31 Å². The Kier molecular flexibility index (Phi) is 6.80. The highest BCUT2D eigenvalue weighted by atomic mass is 32.2. The van der Waals surface area contributed by atoms with Crippen molar-refractivity contribution >= 4 is 33.2 Å². The zero-order valence-corrected chi connectivity index (χ0v) is 20.7. The highest BCUT2D eigenvalue weighted by Gasteiger charge is 2.36. The van der Waals surface area contributed by atoms with Crippen molar-refractivity contribution in [1.29, 1.82) is 0 Å². The zero-order valence-electron chi connectivity index (χ0n) is 19.9. The molecule has 9 heteroatoms. The number of benzene rings is 2. The standard InChI is InChI=1S/C26H32N4O4S/c31-25-10-4-6-20-18-23(11-12-24(20)27-25)35(33,34)30-13-5-7-21(19-30)26(32)29-16-14-28(15-17-29)22-8-2-1-3-9-22/h1-3,8-9,11-12,18,21H,4-7,10,13-17,19H2,(H,27,31)/t21-/m1/s1. The normalized spacial score (nSPS) is 21.7. The van der Waals surface area contributed by atoms with E-state index < -0.39 is 10.0 Å². The third kappa shape index (κ3) is 5.06. The third-order valence-corrected chi connectivity index (χ3v) is 9.15. The molecule has 2 saturated heterocycles. The third-order valence-electron chi connectivity index (χ3n) is 7.28. The van der Waals surface area contributed by atoms with Gasteiger partial charge in [0, 0.05) is 57.1 Å². The molecule has 0 aliphatic carbocycles. The molecule has 35 heavy (non-hydrogen) atoms. The molecule has 1 N–H and O–H groups in total. The van der Waals surface area contributed by atoms with Gasteiger partial charge in [-0.05, 0) is 61.6 Å². The van der Waals surface area contributed by atoms with Gasteiger partial charge in [-0.1, -0.05) is 18.2 Å². The molecule has 0 unspecified atom stereocenters. The predicted molar refractivity (Wildman–Crippen MR) is 135 cm³/mol. The number of carbonyl (C=O) groups excluding carboxylic acids is 2. The number of nitrogens with zero attached hydrogens (tertiary/aromatic N) is 3. The van der Waals surface area contributed by atoms with Crippen molar-refractivity contribution in [3.05, 3.63) is 54.1 Å². The number of rotatable bonds is 4. The van der Waals surface area contributed by atoms with Crippen molar-refractivity contribution in [3.63, 3.8) is 0 Å². The molecule has 3 aliphatic heterocycles. The van der Waals surface area contributed by atoms with E-state index in [0.29, 0.717) is 57.4 Å². The highest BCUT2D eigenvalue weighted by Crippen LogP contribution is 2.30. The van der Waals surface area contributed by atoms with Crippen molar-refractivity contribution in [3.8, 4) is 0 Å². The Bertz CT molecular complexity index is 1190. The Labute approximate surface area is 206 Å². The van der Waals surface area contributed by atoms with Gasteiger partial charge in [-0.15, -0.1) is 0 Å². The number of piperidine rings is 1. The fourth-order valence-electron chi connectivity index (χ4n) is 5.30. The van der Waals surface area contributed by atoms with Crippen LogP contribution in [0.1, 0.15) is 31.2 Å². The van der Waals surface area contributed by atoms with Crippen molar-refractivity contribution in [2.75, 3.05) is 49.5 Å². The molecule has 0 bridgehead atoms. The van der Waals surface area contributed by atoms with Crippen LogP contribution in [0.15, 0.2) is 53.4 Å². The molecule has 0 radical (unpaired) electrons. The summed E-state index contributed by atoms with van der Waals surface area (Å²) < 4.78 is 28.4. The lowest BCUT2D eigenvalue weighted by molar-refractivity contribution is -0.137. The van der Waals surface area contributed by atoms with Gasteiger partial charge in [-0.3, -0.25) is 9.59 Å². The first kappa shape index (κ1) is 23.8. The number of carbonyl (C=O) groups is 2. The van der Waals surface area contributed by atoms with Gasteiger partial charge in [-0.25, -0.2) is 8.42 Å². The van der Waals surface area contributed by atoms with E-state index >= 15 is 0 Å². The summed E-state index contributed by atoms with van der Waals surface area (Å²) in [6.45, 7) is 3.48. The maximum absolute atomic E-state index is 13.5. The van der Waals surface area contributed by atoms with Gasteiger partial charge < -0.3 is 15.1 Å². The summed E-state index contributed by atoms with van der Waals surface area (Å²) in [7, 11) is -3.72. The molecular formula is C26H32N4O4S. The van der Waals surface area contributed by atoms with Crippen LogP contribution in [0.3, 0.4) is 0 Å². The fourth-order valence-corrected chi connectivity index (χ4v) is 6.88. The molecule has 5 rings (SSSR count). The number of hydrogen-bond donors (Lipinski definition) is 1. The SMILES string of the molecule is O=C1CCCc2cc(S(=O)(=O)N3CCC[C@@H](C(=O)N4CCN(c5ccccc5)CC4)C3)ccc2N1. The van der Waals surface area contributed by atoms with Gasteiger partial charge in [0.2, 0.25) is 21.8 Å². The van der Waals surface area contributed by atoms with E-state index in [0.717, 1.165) is 24.3 Å². The summed E-state index contributed by atoms with van der Waals surface area (Å²) in [5.41, 5.74) is 2.69. The van der Waals surface area contributed by atoms with Crippen molar-refractivity contribution in [2.45, 2.75) is 37.0 Å². The average molecular weight is 497 g/mol. The maximum Gasteiger partial charge on any atom is 0.243 e. The van der Waals surface area contributed by atoms with E-state index in [2.05, 4.69) is 22.3 Å². The number of aryl methyl sites for hydroxylation is 1. The summed E-state index contributed by atoms with van der Waals surface area (Å²) in [5, 5.41) is 2.85. The van der Waals surface area contributed by atoms with Gasteiger partial charge in [0.1, 0.15) is 0 Å². The van der Waals surface area contributed by atoms with Gasteiger partial charge in [0.15, 0.2) is 0 Å². The smallest absolute Gasteiger partial charge is 0.243 e. The fraction of sp³-hybridized carbons (Fsp3) is 0.462. The van der Waals surface area contributed by atoms with Crippen molar-refractivity contribution in [2.24, 2.45) is 5.92 Å². The largest absolute Gasteiger partial charge is 0.368 e. The second-order valence-electron chi connectivity index (χ2n) is 9.57. The van der Waals surface area contributed by atoms with Crippen LogP contribution in [0.5, 0.6) is 0 Å². The van der Waals surface area contributed by atoms with E-state index in [1.54, 1.807) is 18.2 Å². The number of fused-ring (bicyclic) bond motifs is 1. The predicted octanol–water partition coefficient (Wildman–Crippen LogP) is 2.71. The molecule has 0 aromatic heterocycles. The number of anilines is 2. The zero-order chi connectivity index (χ0) is 24.4. The second-order valence-corrected chi connectivity index (χ2v) is 11.5. The van der Waals surface area contributed by atoms with Crippen LogP contribution in [-0.4, -0.2) is 68.7 Å². The molecule has 2 fully saturated rings. The minimum atomic E-state index is -3.72. The molecule has 0 spiro atoms. The van der Waals surface area contributed by atoms with Crippen LogP contribution >= 0.6 is 0 Å². The monoisotopic (exact) mass is 496 g/mol. The van der Waals surface area contributed by atoms with E-state index in [9.17, 15) is 18.0 Å². The molecule has 3 heterocycles. The minimum Gasteiger partial charge on any atom is -0.368 e. The summed E-state index contributed by atoms with van der Waals surface area (Å²) in [5.74, 6) is -0.300. The second kappa shape index (κ2) is 9.99. The van der Waals surface area contributed by atoms with Crippen LogP contribution in [-0.2, 0) is 26.0 Å². The number of nitrogens with one attached hydrogen (secondary N) is 1. The molecular weight excluding hydrogens is 464 g/mol. The van der Waals surface area contributed by atoms with Crippen LogP contribution in [0.2, 0.25) is 0 Å². The lowest BCUT2D eigenvalue weighted by Gasteiger charge is -2.39. The molecule has 2 amide bonds. The van der Waals surface area contributed by atoms with Crippen LogP contribution in [0.25, 0.3) is 0 Å². The maximum atomic E-state index is 13.5. The first-order valence-corrected chi connectivity index (χ1v) is 13.9. The topological polar surface area (TPSA) is 90.0 Å². The Balaban J connectivity index is 1.24. The quantitative estimate of drug-likeness (QED) is 0.703. The van der Waals surface area contributed by atoms with Gasteiger partial charge in [0.05, 0.1) is 10.8 Å². The molecule has 186 valence electrons. The Hall–Kier alpha value is -2.91. The highest BCUT2D eigenvalue weighted by molar-refractivity contribution is 7.89. The van der Waals surface area contributed by atoms with Gasteiger partial charge in [-0.2, -0.15) is 4.31 Å². The number of amides is 2. The number of sulfonamides is 1. The average Bonchev–Trinajstić information content (AvgIpc) is 3.09. The molecule has 1 atom stereocenters. The summed E-state index contributed by atoms with van der Waals surface area (Å²) >= 11 is 0. The number of piperazine rings is 1. The molecule has 8 nitrogen and oxygen atoms in total. The van der Waals surface area contributed by atoms with Crippen LogP contribution in [0, 0.1) is 5.92 Å². The van der Waals surface area contributed by atoms with Crippen LogP contribution in [0.4, 0.5) is 11.4 Å². The lowest BCUT2D eigenvalue weighted by atomic mass is 9.97. The first-order valence-electron chi connectivity index (χ1n) is 12.4. The Morgan fingerprint density at radius 2 is 1.69 bits per heavy atom. The van der Waals surface area contributed by atoms with Crippen LogP contribution < -0.4 is 10.2 Å². The van der Waals surface area contributed by atoms with E-state index in [4.69, 9.17) is 0 Å². The van der Waals surface area contributed by atoms with E-state index in [-0.39, 0.29) is 29.2 Å². The molecule has 2 aromatic rings. The van der Waals surface area contributed by atoms with E-state index in [1.807, 2.05) is 23.1 Å². The first-order chi connectivity index (χ1) is 16.9. The summed E-state index contributed by atoms with van der Waals surface area (Å²) in [6, 6.07) is 15.1. The Morgan fingerprint density at radius 1 is 0.914 bits per heavy atom. The number of hydrogen-bond acceptors (Lipinski definition) is 5. The summed E-state index contributed by atoms with van der Waals surface area (Å²) in [6.07, 6.45) is 3.17. The summed E-state index contributed by atoms with van der Waals surface area (Å²) in [4.78, 5) is 29.5. The number of para-hydroxylation sites is 1. The minimum absolute atomic E-state index is 0.0404. The Morgan fingerprint density at radius 3 is 2.46 bits per heavy atom. The van der Waals surface area contributed by atoms with Crippen molar-refractivity contribution < 1.29 is 18.0 Å². The molecule has 0 saturated carbocycles. The molecule has 3 aliphatic rings. The molecule has 2 aromatic carbocycles.